The first kappa shape index (κ1) is 14.0. The Morgan fingerprint density at radius 2 is 1.76 bits per heavy atom. The Morgan fingerprint density at radius 3 is 2.43 bits per heavy atom. The van der Waals surface area contributed by atoms with Gasteiger partial charge in [0.1, 0.15) is 0 Å². The van der Waals surface area contributed by atoms with Crippen LogP contribution in [-0.2, 0) is 4.79 Å². The molecule has 118 valence electrons. The summed E-state index contributed by atoms with van der Waals surface area (Å²) in [5.74, 6) is 2.44. The molecule has 4 aliphatic rings. The Morgan fingerprint density at radius 1 is 0.952 bits per heavy atom. The zero-order valence-corrected chi connectivity index (χ0v) is 13.0. The van der Waals surface area contributed by atoms with Gasteiger partial charge in [0.05, 0.1) is 0 Å². The maximum absolute atomic E-state index is 12.8. The number of fused-ring (bicyclic) bond motifs is 2. The Labute approximate surface area is 128 Å². The molecule has 4 heteroatoms. The number of nitrogens with two attached hydrogens (primary N) is 1. The van der Waals surface area contributed by atoms with Gasteiger partial charge >= 0.3 is 0 Å². The van der Waals surface area contributed by atoms with Crippen molar-refractivity contribution >= 4 is 5.91 Å². The van der Waals surface area contributed by atoms with Crippen molar-refractivity contribution in [2.24, 2.45) is 23.5 Å². The van der Waals surface area contributed by atoms with E-state index in [0.717, 1.165) is 50.9 Å². The Balaban J connectivity index is 1.32. The highest BCUT2D eigenvalue weighted by atomic mass is 16.2. The molecule has 4 fully saturated rings. The topological polar surface area (TPSA) is 49.6 Å². The number of carbonyl (C=O) groups excluding carboxylic acids is 1. The van der Waals surface area contributed by atoms with Gasteiger partial charge in [0.2, 0.25) is 5.91 Å². The van der Waals surface area contributed by atoms with Crippen LogP contribution in [0.2, 0.25) is 0 Å². The van der Waals surface area contributed by atoms with Gasteiger partial charge in [-0.2, -0.15) is 0 Å². The zero-order chi connectivity index (χ0) is 14.4. The predicted molar refractivity (Wildman–Crippen MR) is 82.7 cm³/mol. The van der Waals surface area contributed by atoms with Crippen molar-refractivity contribution in [2.75, 3.05) is 26.2 Å². The van der Waals surface area contributed by atoms with Gasteiger partial charge in [-0.05, 0) is 63.5 Å². The van der Waals surface area contributed by atoms with Crippen molar-refractivity contribution in [2.45, 2.75) is 57.0 Å². The molecule has 2 bridgehead atoms. The summed E-state index contributed by atoms with van der Waals surface area (Å²) in [6.07, 6.45) is 8.61. The molecule has 4 rings (SSSR count). The summed E-state index contributed by atoms with van der Waals surface area (Å²) in [5.41, 5.74) is 6.00. The van der Waals surface area contributed by atoms with Crippen LogP contribution in [0.1, 0.15) is 44.9 Å². The van der Waals surface area contributed by atoms with Gasteiger partial charge in [-0.1, -0.05) is 6.42 Å². The molecule has 4 unspecified atom stereocenters. The minimum atomic E-state index is 0.372. The maximum atomic E-state index is 12.8. The number of nitrogens with zero attached hydrogens (tertiary/aromatic N) is 2. The zero-order valence-electron chi connectivity index (χ0n) is 13.0. The van der Waals surface area contributed by atoms with Crippen molar-refractivity contribution in [3.63, 3.8) is 0 Å². The normalized spacial score (nSPS) is 41.1. The van der Waals surface area contributed by atoms with Crippen LogP contribution < -0.4 is 5.73 Å². The lowest BCUT2D eigenvalue weighted by Crippen LogP contribution is -2.46. The molecule has 2 aliphatic carbocycles. The van der Waals surface area contributed by atoms with E-state index in [9.17, 15) is 4.79 Å². The molecule has 4 atom stereocenters. The molecule has 2 saturated heterocycles. The lowest BCUT2D eigenvalue weighted by atomic mass is 9.88. The highest BCUT2D eigenvalue weighted by molar-refractivity contribution is 5.80. The summed E-state index contributed by atoms with van der Waals surface area (Å²) in [6, 6.07) is 0.995. The van der Waals surface area contributed by atoms with Crippen molar-refractivity contribution in [1.29, 1.82) is 0 Å². The Kier molecular flexibility index (Phi) is 3.70. The van der Waals surface area contributed by atoms with E-state index in [1.807, 2.05) is 0 Å². The number of rotatable bonds is 2. The first-order chi connectivity index (χ1) is 10.2. The van der Waals surface area contributed by atoms with Gasteiger partial charge in [0, 0.05) is 31.1 Å². The van der Waals surface area contributed by atoms with E-state index in [1.165, 1.54) is 32.1 Å². The van der Waals surface area contributed by atoms with Gasteiger partial charge in [-0.3, -0.25) is 9.69 Å². The van der Waals surface area contributed by atoms with E-state index >= 15 is 0 Å². The molecule has 2 aliphatic heterocycles. The SMILES string of the molecule is NC1CCN(C2CCN(C(=O)C3CC4CCC3C4)C2)CC1. The number of carbonyl (C=O) groups is 1. The summed E-state index contributed by atoms with van der Waals surface area (Å²) in [6.45, 7) is 4.21. The molecule has 21 heavy (non-hydrogen) atoms. The van der Waals surface area contributed by atoms with Gasteiger partial charge in [-0.15, -0.1) is 0 Å². The number of likely N-dealkylation sites (tertiary alicyclic amines) is 2. The van der Waals surface area contributed by atoms with Crippen LogP contribution in [0.15, 0.2) is 0 Å². The molecular formula is C17H29N3O. The molecule has 0 radical (unpaired) electrons. The Bertz CT molecular complexity index is 405. The van der Waals surface area contributed by atoms with Crippen LogP contribution in [0, 0.1) is 17.8 Å². The third-order valence-electron chi connectivity index (χ3n) is 6.62. The number of hydrogen-bond acceptors (Lipinski definition) is 3. The third-order valence-corrected chi connectivity index (χ3v) is 6.62. The van der Waals surface area contributed by atoms with E-state index in [0.29, 0.717) is 23.9 Å². The lowest BCUT2D eigenvalue weighted by Gasteiger charge is -2.35. The minimum Gasteiger partial charge on any atom is -0.341 e. The van der Waals surface area contributed by atoms with E-state index in [4.69, 9.17) is 5.73 Å². The van der Waals surface area contributed by atoms with Crippen molar-refractivity contribution in [3.8, 4) is 0 Å². The smallest absolute Gasteiger partial charge is 0.226 e. The molecule has 1 amide bonds. The summed E-state index contributed by atoms with van der Waals surface area (Å²) in [7, 11) is 0. The number of hydrogen-bond donors (Lipinski definition) is 1. The van der Waals surface area contributed by atoms with Crippen LogP contribution in [0.4, 0.5) is 0 Å². The molecule has 0 spiro atoms. The fourth-order valence-corrected chi connectivity index (χ4v) is 5.31. The van der Waals surface area contributed by atoms with Crippen LogP contribution in [0.25, 0.3) is 0 Å². The van der Waals surface area contributed by atoms with Crippen LogP contribution in [0.3, 0.4) is 0 Å². The fraction of sp³-hybridized carbons (Fsp3) is 0.941. The maximum Gasteiger partial charge on any atom is 0.226 e. The molecule has 0 aromatic heterocycles. The van der Waals surface area contributed by atoms with Gasteiger partial charge < -0.3 is 10.6 Å². The van der Waals surface area contributed by atoms with Gasteiger partial charge in [0.15, 0.2) is 0 Å². The predicted octanol–water partition coefficient (Wildman–Crippen LogP) is 1.45. The second kappa shape index (κ2) is 5.54. The molecule has 2 heterocycles. The van der Waals surface area contributed by atoms with Crippen molar-refractivity contribution < 1.29 is 4.79 Å². The van der Waals surface area contributed by atoms with Crippen LogP contribution in [0.5, 0.6) is 0 Å². The molecule has 2 N–H and O–H groups in total. The van der Waals surface area contributed by atoms with Crippen LogP contribution >= 0.6 is 0 Å². The first-order valence-electron chi connectivity index (χ1n) is 8.99. The highest BCUT2D eigenvalue weighted by Crippen LogP contribution is 2.49. The second-order valence-corrected chi connectivity index (χ2v) is 7.88. The quantitative estimate of drug-likeness (QED) is 0.838. The van der Waals surface area contributed by atoms with Crippen molar-refractivity contribution in [3.05, 3.63) is 0 Å². The van der Waals surface area contributed by atoms with Gasteiger partial charge in [0.25, 0.3) is 0 Å². The van der Waals surface area contributed by atoms with Gasteiger partial charge in [-0.25, -0.2) is 0 Å². The second-order valence-electron chi connectivity index (χ2n) is 7.88. The number of piperidine rings is 1. The molecule has 2 saturated carbocycles. The molecule has 0 aromatic rings. The van der Waals surface area contributed by atoms with E-state index in [1.54, 1.807) is 0 Å². The van der Waals surface area contributed by atoms with E-state index in [-0.39, 0.29) is 0 Å². The summed E-state index contributed by atoms with van der Waals surface area (Å²) in [4.78, 5) is 17.6. The van der Waals surface area contributed by atoms with E-state index < -0.39 is 0 Å². The molecule has 0 aromatic carbocycles. The standard InChI is InChI=1S/C17H29N3O/c18-14-3-6-19(7-4-14)15-5-8-20(11-15)17(21)16-10-12-1-2-13(16)9-12/h12-16H,1-11,18H2. The average molecular weight is 291 g/mol. The van der Waals surface area contributed by atoms with E-state index in [2.05, 4.69) is 9.80 Å². The lowest BCUT2D eigenvalue weighted by molar-refractivity contribution is -0.136. The number of amides is 1. The summed E-state index contributed by atoms with van der Waals surface area (Å²) >= 11 is 0. The summed E-state index contributed by atoms with van der Waals surface area (Å²) < 4.78 is 0. The fourth-order valence-electron chi connectivity index (χ4n) is 5.31. The highest BCUT2D eigenvalue weighted by Gasteiger charge is 2.45. The van der Waals surface area contributed by atoms with Crippen LogP contribution in [-0.4, -0.2) is 54.0 Å². The average Bonchev–Trinajstić information content (AvgIpc) is 3.23. The Hall–Kier alpha value is -0.610. The molecular weight excluding hydrogens is 262 g/mol. The van der Waals surface area contributed by atoms with Crippen molar-refractivity contribution in [1.82, 2.24) is 9.80 Å². The first-order valence-corrected chi connectivity index (χ1v) is 8.99. The largest absolute Gasteiger partial charge is 0.341 e. The summed E-state index contributed by atoms with van der Waals surface area (Å²) in [5, 5.41) is 0. The third kappa shape index (κ3) is 2.61. The minimum absolute atomic E-state index is 0.372. The molecule has 4 nitrogen and oxygen atoms in total. The monoisotopic (exact) mass is 291 g/mol.